The van der Waals surface area contributed by atoms with E-state index in [-0.39, 0.29) is 23.0 Å². The minimum atomic E-state index is -2.55. The Morgan fingerprint density at radius 2 is 1.50 bits per heavy atom. The van der Waals surface area contributed by atoms with Gasteiger partial charge in [0, 0.05) is 0 Å². The van der Waals surface area contributed by atoms with Gasteiger partial charge in [-0.3, -0.25) is 4.79 Å². The van der Waals surface area contributed by atoms with Crippen molar-refractivity contribution in [3.8, 4) is 0 Å². The third kappa shape index (κ3) is 3.48. The van der Waals surface area contributed by atoms with Crippen LogP contribution in [0.4, 0.5) is 0 Å². The summed E-state index contributed by atoms with van der Waals surface area (Å²) in [6, 6.07) is 21.1. The number of hydrogen-bond donors (Lipinski definition) is 0. The van der Waals surface area contributed by atoms with Crippen molar-refractivity contribution in [1.29, 1.82) is 0 Å². The summed E-state index contributed by atoms with van der Waals surface area (Å²) >= 11 is 0. The van der Waals surface area contributed by atoms with Crippen LogP contribution in [0.5, 0.6) is 0 Å². The number of carbonyl (C=O) groups excluding carboxylic acids is 1. The van der Waals surface area contributed by atoms with Crippen LogP contribution >= 0.6 is 0 Å². The third-order valence-electron chi connectivity index (χ3n) is 5.20. The van der Waals surface area contributed by atoms with Crippen LogP contribution in [0, 0.1) is 5.92 Å². The zero-order valence-electron chi connectivity index (χ0n) is 16.1. The molecule has 0 amide bonds. The van der Waals surface area contributed by atoms with Gasteiger partial charge in [-0.05, 0) is 21.8 Å². The van der Waals surface area contributed by atoms with Gasteiger partial charge in [0.2, 0.25) is 0 Å². The summed E-state index contributed by atoms with van der Waals surface area (Å²) in [6.45, 7) is 9.13. The molecule has 0 spiro atoms. The molecule has 2 aromatic rings. The predicted molar refractivity (Wildman–Crippen MR) is 107 cm³/mol. The summed E-state index contributed by atoms with van der Waals surface area (Å²) in [5, 5.41) is 2.43. The molecule has 2 aromatic carbocycles. The lowest BCUT2D eigenvalue weighted by molar-refractivity contribution is -0.144. The average Bonchev–Trinajstić information content (AvgIpc) is 2.94. The van der Waals surface area contributed by atoms with E-state index < -0.39 is 8.32 Å². The SMILES string of the molecule is CC1CC(CO[Si](c2ccccc2)(c2ccccc2)C(C)(C)C)OC1=O. The summed E-state index contributed by atoms with van der Waals surface area (Å²) in [5.41, 5.74) is 0. The molecule has 1 saturated heterocycles. The van der Waals surface area contributed by atoms with Gasteiger partial charge in [-0.1, -0.05) is 88.4 Å². The highest BCUT2D eigenvalue weighted by Gasteiger charge is 2.50. The molecule has 2 atom stereocenters. The molecule has 0 aliphatic carbocycles. The van der Waals surface area contributed by atoms with Gasteiger partial charge >= 0.3 is 5.97 Å². The maximum Gasteiger partial charge on any atom is 0.309 e. The van der Waals surface area contributed by atoms with Crippen LogP contribution in [0.1, 0.15) is 34.1 Å². The quantitative estimate of drug-likeness (QED) is 0.598. The van der Waals surface area contributed by atoms with Gasteiger partial charge in [0.15, 0.2) is 0 Å². The Morgan fingerprint density at radius 1 is 1.00 bits per heavy atom. The fourth-order valence-corrected chi connectivity index (χ4v) is 8.49. The number of benzene rings is 2. The Bertz CT molecular complexity index is 697. The van der Waals surface area contributed by atoms with Crippen LogP contribution in [0.3, 0.4) is 0 Å². The molecule has 3 rings (SSSR count). The van der Waals surface area contributed by atoms with Gasteiger partial charge in [-0.15, -0.1) is 0 Å². The monoisotopic (exact) mass is 368 g/mol. The Hall–Kier alpha value is -1.91. The Morgan fingerprint density at radius 3 is 1.88 bits per heavy atom. The highest BCUT2D eigenvalue weighted by Crippen LogP contribution is 2.37. The third-order valence-corrected chi connectivity index (χ3v) is 10.2. The van der Waals surface area contributed by atoms with E-state index in [4.69, 9.17) is 9.16 Å². The molecule has 1 heterocycles. The van der Waals surface area contributed by atoms with E-state index in [1.807, 2.05) is 19.1 Å². The molecule has 1 aliphatic rings. The average molecular weight is 369 g/mol. The minimum absolute atomic E-state index is 0.0391. The van der Waals surface area contributed by atoms with Crippen LogP contribution in [0.25, 0.3) is 0 Å². The standard InChI is InChI=1S/C22H28O3Si/c1-17-15-18(25-21(17)23)16-24-26(22(2,3)4,19-11-7-5-8-12-19)20-13-9-6-10-14-20/h5-14,17-18H,15-16H2,1-4H3. The van der Waals surface area contributed by atoms with Crippen molar-refractivity contribution in [2.24, 2.45) is 5.92 Å². The van der Waals surface area contributed by atoms with E-state index in [1.165, 1.54) is 10.4 Å². The topological polar surface area (TPSA) is 35.5 Å². The van der Waals surface area contributed by atoms with Gasteiger partial charge in [-0.2, -0.15) is 0 Å². The number of hydrogen-bond acceptors (Lipinski definition) is 3. The highest BCUT2D eigenvalue weighted by molar-refractivity contribution is 6.99. The second-order valence-corrected chi connectivity index (χ2v) is 12.5. The number of cyclic esters (lactones) is 1. The molecule has 1 aliphatic heterocycles. The first-order valence-corrected chi connectivity index (χ1v) is 11.2. The van der Waals surface area contributed by atoms with Crippen LogP contribution < -0.4 is 10.4 Å². The first-order chi connectivity index (χ1) is 12.3. The zero-order valence-corrected chi connectivity index (χ0v) is 17.1. The largest absolute Gasteiger partial charge is 0.460 e. The van der Waals surface area contributed by atoms with Crippen molar-refractivity contribution in [1.82, 2.24) is 0 Å². The lowest BCUT2D eigenvalue weighted by Crippen LogP contribution is -2.67. The van der Waals surface area contributed by atoms with Crippen molar-refractivity contribution in [2.75, 3.05) is 6.61 Å². The van der Waals surface area contributed by atoms with Crippen molar-refractivity contribution in [2.45, 2.75) is 45.3 Å². The predicted octanol–water partition coefficient (Wildman–Crippen LogP) is 3.51. The summed E-state index contributed by atoms with van der Waals surface area (Å²) < 4.78 is 12.3. The Kier molecular flexibility index (Phi) is 5.35. The maximum absolute atomic E-state index is 11.8. The lowest BCUT2D eigenvalue weighted by Gasteiger charge is -2.43. The minimum Gasteiger partial charge on any atom is -0.460 e. The van der Waals surface area contributed by atoms with Crippen molar-refractivity contribution in [3.05, 3.63) is 60.7 Å². The first kappa shape index (κ1) is 18.9. The van der Waals surface area contributed by atoms with Crippen LogP contribution in [0.2, 0.25) is 5.04 Å². The summed E-state index contributed by atoms with van der Waals surface area (Å²) in [5.74, 6) is -0.149. The fourth-order valence-electron chi connectivity index (χ4n) is 3.90. The number of esters is 1. The van der Waals surface area contributed by atoms with Crippen LogP contribution in [-0.4, -0.2) is 27.0 Å². The molecular formula is C22H28O3Si. The summed E-state index contributed by atoms with van der Waals surface area (Å²) in [4.78, 5) is 11.8. The van der Waals surface area contributed by atoms with E-state index in [0.29, 0.717) is 6.61 Å². The first-order valence-electron chi connectivity index (χ1n) is 9.30. The molecule has 3 nitrogen and oxygen atoms in total. The molecule has 0 aromatic heterocycles. The number of ether oxygens (including phenoxy) is 1. The van der Waals surface area contributed by atoms with E-state index in [1.54, 1.807) is 0 Å². The normalized spacial score (nSPS) is 20.8. The summed E-state index contributed by atoms with van der Waals surface area (Å²) in [6.07, 6.45) is 0.580. The van der Waals surface area contributed by atoms with E-state index in [9.17, 15) is 4.79 Å². The molecule has 26 heavy (non-hydrogen) atoms. The maximum atomic E-state index is 11.8. The van der Waals surface area contributed by atoms with Gasteiger partial charge in [-0.25, -0.2) is 0 Å². The van der Waals surface area contributed by atoms with Crippen molar-refractivity contribution < 1.29 is 14.0 Å². The van der Waals surface area contributed by atoms with E-state index in [2.05, 4.69) is 69.3 Å². The Labute approximate surface area is 157 Å². The lowest BCUT2D eigenvalue weighted by atomic mass is 10.1. The van der Waals surface area contributed by atoms with Gasteiger partial charge in [0.05, 0.1) is 12.5 Å². The van der Waals surface area contributed by atoms with E-state index >= 15 is 0 Å². The van der Waals surface area contributed by atoms with Gasteiger partial charge < -0.3 is 9.16 Å². The summed E-state index contributed by atoms with van der Waals surface area (Å²) in [7, 11) is -2.55. The molecular weight excluding hydrogens is 340 g/mol. The van der Waals surface area contributed by atoms with Crippen LogP contribution in [-0.2, 0) is 14.0 Å². The highest BCUT2D eigenvalue weighted by atomic mass is 28.4. The van der Waals surface area contributed by atoms with Crippen molar-refractivity contribution >= 4 is 24.7 Å². The number of rotatable bonds is 5. The van der Waals surface area contributed by atoms with Gasteiger partial charge in [0.25, 0.3) is 8.32 Å². The van der Waals surface area contributed by atoms with Gasteiger partial charge in [0.1, 0.15) is 6.10 Å². The fraction of sp³-hybridized carbons (Fsp3) is 0.409. The second-order valence-electron chi connectivity index (χ2n) is 8.17. The molecule has 4 heteroatoms. The smallest absolute Gasteiger partial charge is 0.309 e. The zero-order chi connectivity index (χ0) is 18.8. The van der Waals surface area contributed by atoms with Crippen LogP contribution in [0.15, 0.2) is 60.7 Å². The molecule has 0 saturated carbocycles. The molecule has 2 unspecified atom stereocenters. The van der Waals surface area contributed by atoms with E-state index in [0.717, 1.165) is 6.42 Å². The number of carbonyl (C=O) groups is 1. The van der Waals surface area contributed by atoms with Crippen molar-refractivity contribution in [3.63, 3.8) is 0 Å². The molecule has 0 N–H and O–H groups in total. The molecule has 0 radical (unpaired) electrons. The molecule has 0 bridgehead atoms. The molecule has 138 valence electrons. The molecule has 1 fully saturated rings. The Balaban J connectivity index is 2.02. The second kappa shape index (κ2) is 7.37.